The van der Waals surface area contributed by atoms with Gasteiger partial charge in [-0.05, 0) is 52.3 Å². The van der Waals surface area contributed by atoms with E-state index in [1.807, 2.05) is 30.3 Å². The van der Waals surface area contributed by atoms with Crippen molar-refractivity contribution in [1.29, 1.82) is 0 Å². The fourth-order valence-electron chi connectivity index (χ4n) is 2.38. The van der Waals surface area contributed by atoms with Crippen LogP contribution in [0.3, 0.4) is 0 Å². The number of methoxy groups -OCH3 is 1. The van der Waals surface area contributed by atoms with Crippen LogP contribution in [0.4, 0.5) is 0 Å². The lowest BCUT2D eigenvalue weighted by Crippen LogP contribution is -1.93. The highest BCUT2D eigenvalue weighted by molar-refractivity contribution is 9.10. The maximum Gasteiger partial charge on any atom is 0.235 e. The minimum atomic E-state index is 0.562. The molecule has 126 valence electrons. The molecule has 0 bridgehead atoms. The first-order chi connectivity index (χ1) is 12.0. The van der Waals surface area contributed by atoms with Crippen molar-refractivity contribution in [1.82, 2.24) is 19.8 Å². The van der Waals surface area contributed by atoms with Gasteiger partial charge in [0.05, 0.1) is 7.11 Å². The van der Waals surface area contributed by atoms with E-state index >= 15 is 0 Å². The highest BCUT2D eigenvalue weighted by Gasteiger charge is 2.17. The quantitative estimate of drug-likeness (QED) is 0.403. The Kier molecular flexibility index (Phi) is 4.41. The molecular weight excluding hydrogens is 447 g/mol. The SMILES string of the molecule is COc1ccc(-c2nnc3sc(-c4cc(Cl)cc(Cl)c4)nn23)c(Br)c1. The molecule has 25 heavy (non-hydrogen) atoms. The molecule has 2 heterocycles. The van der Waals surface area contributed by atoms with E-state index in [4.69, 9.17) is 27.9 Å². The molecule has 0 amide bonds. The first-order valence-corrected chi connectivity index (χ1v) is 9.44. The molecule has 0 saturated carbocycles. The van der Waals surface area contributed by atoms with Crippen molar-refractivity contribution in [2.24, 2.45) is 0 Å². The minimum Gasteiger partial charge on any atom is -0.497 e. The number of fused-ring (bicyclic) bond motifs is 1. The van der Waals surface area contributed by atoms with E-state index < -0.39 is 0 Å². The van der Waals surface area contributed by atoms with Crippen LogP contribution in [-0.4, -0.2) is 26.9 Å². The van der Waals surface area contributed by atoms with Gasteiger partial charge >= 0.3 is 0 Å². The molecule has 4 aromatic rings. The average molecular weight is 456 g/mol. The second-order valence-corrected chi connectivity index (χ2v) is 7.81. The first kappa shape index (κ1) is 16.8. The average Bonchev–Trinajstić information content (AvgIpc) is 3.14. The maximum absolute atomic E-state index is 6.09. The van der Waals surface area contributed by atoms with Crippen molar-refractivity contribution >= 4 is 55.4 Å². The first-order valence-electron chi connectivity index (χ1n) is 7.08. The number of ether oxygens (including phenoxy) is 1. The van der Waals surface area contributed by atoms with E-state index in [0.717, 1.165) is 26.4 Å². The van der Waals surface area contributed by atoms with Gasteiger partial charge in [0, 0.05) is 25.6 Å². The number of aromatic nitrogens is 4. The summed E-state index contributed by atoms with van der Waals surface area (Å²) in [6.07, 6.45) is 0. The number of hydrogen-bond donors (Lipinski definition) is 0. The smallest absolute Gasteiger partial charge is 0.235 e. The van der Waals surface area contributed by atoms with Crippen LogP contribution in [0.2, 0.25) is 10.0 Å². The Balaban J connectivity index is 1.84. The van der Waals surface area contributed by atoms with Crippen molar-refractivity contribution in [2.75, 3.05) is 7.11 Å². The Labute approximate surface area is 165 Å². The van der Waals surface area contributed by atoms with E-state index in [1.54, 1.807) is 17.7 Å². The van der Waals surface area contributed by atoms with Gasteiger partial charge in [-0.3, -0.25) is 0 Å². The predicted octanol–water partition coefficient (Wildman–Crippen LogP) is 5.60. The summed E-state index contributed by atoms with van der Waals surface area (Å²) in [5.41, 5.74) is 1.71. The molecule has 0 saturated heterocycles. The van der Waals surface area contributed by atoms with Gasteiger partial charge in [-0.15, -0.1) is 10.2 Å². The standard InChI is InChI=1S/C16H9BrCl2N4OS/c1-24-11-2-3-12(13(17)7-11)14-20-21-16-23(14)22-15(25-16)8-4-9(18)6-10(19)5-8/h2-7H,1H3. The second-order valence-electron chi connectivity index (χ2n) is 5.13. The van der Waals surface area contributed by atoms with Gasteiger partial charge in [0.15, 0.2) is 5.82 Å². The molecule has 0 unspecified atom stereocenters. The number of benzene rings is 2. The Morgan fingerprint density at radius 2 is 1.84 bits per heavy atom. The molecule has 0 spiro atoms. The Hall–Kier alpha value is -1.67. The molecule has 2 aromatic carbocycles. The summed E-state index contributed by atoms with van der Waals surface area (Å²) in [5.74, 6) is 1.39. The van der Waals surface area contributed by atoms with Crippen LogP contribution < -0.4 is 4.74 Å². The molecule has 9 heteroatoms. The molecule has 4 rings (SSSR count). The minimum absolute atomic E-state index is 0.562. The molecule has 0 aliphatic rings. The Bertz CT molecular complexity index is 1070. The molecule has 0 atom stereocenters. The van der Waals surface area contributed by atoms with E-state index in [9.17, 15) is 0 Å². The number of halogens is 3. The third-order valence-electron chi connectivity index (χ3n) is 3.52. The van der Waals surface area contributed by atoms with Gasteiger partial charge in [0.25, 0.3) is 0 Å². The van der Waals surface area contributed by atoms with Gasteiger partial charge in [-0.2, -0.15) is 9.61 Å². The number of rotatable bonds is 3. The lowest BCUT2D eigenvalue weighted by atomic mass is 10.2. The molecule has 0 radical (unpaired) electrons. The van der Waals surface area contributed by atoms with Crippen molar-refractivity contribution in [2.45, 2.75) is 0 Å². The van der Waals surface area contributed by atoms with Gasteiger partial charge < -0.3 is 4.74 Å². The molecule has 2 aromatic heterocycles. The fraction of sp³-hybridized carbons (Fsp3) is 0.0625. The normalized spacial score (nSPS) is 11.2. The number of nitrogens with zero attached hydrogens (tertiary/aromatic N) is 4. The third-order valence-corrected chi connectivity index (χ3v) is 5.56. The zero-order valence-electron chi connectivity index (χ0n) is 12.7. The van der Waals surface area contributed by atoms with Gasteiger partial charge in [-0.1, -0.05) is 34.5 Å². The number of hydrogen-bond acceptors (Lipinski definition) is 5. The summed E-state index contributed by atoms with van der Waals surface area (Å²) in [6, 6.07) is 11.0. The summed E-state index contributed by atoms with van der Waals surface area (Å²) in [4.78, 5) is 0.684. The van der Waals surface area contributed by atoms with E-state index in [0.29, 0.717) is 20.8 Å². The molecular formula is C16H9BrCl2N4OS. The predicted molar refractivity (Wildman–Crippen MR) is 104 cm³/mol. The summed E-state index contributed by atoms with van der Waals surface area (Å²) in [7, 11) is 1.62. The topological polar surface area (TPSA) is 52.3 Å². The lowest BCUT2D eigenvalue weighted by Gasteiger charge is -2.04. The lowest BCUT2D eigenvalue weighted by molar-refractivity contribution is 0.414. The second kappa shape index (κ2) is 6.57. The van der Waals surface area contributed by atoms with Crippen LogP contribution >= 0.6 is 50.5 Å². The van der Waals surface area contributed by atoms with Gasteiger partial charge in [0.1, 0.15) is 10.8 Å². The van der Waals surface area contributed by atoms with Crippen molar-refractivity contribution < 1.29 is 4.74 Å². The summed E-state index contributed by atoms with van der Waals surface area (Å²) >= 11 is 17.1. The van der Waals surface area contributed by atoms with Crippen LogP contribution in [0.15, 0.2) is 40.9 Å². The van der Waals surface area contributed by atoms with Crippen molar-refractivity contribution in [3.63, 3.8) is 0 Å². The summed E-state index contributed by atoms with van der Waals surface area (Å²) < 4.78 is 7.79. The summed E-state index contributed by atoms with van der Waals surface area (Å²) in [5, 5.41) is 15.0. The van der Waals surface area contributed by atoms with E-state index in [1.165, 1.54) is 11.3 Å². The molecule has 0 N–H and O–H groups in total. The molecule has 5 nitrogen and oxygen atoms in total. The van der Waals surface area contributed by atoms with Crippen LogP contribution in [0, 0.1) is 0 Å². The third kappa shape index (κ3) is 3.13. The maximum atomic E-state index is 6.09. The Morgan fingerprint density at radius 3 is 2.52 bits per heavy atom. The summed E-state index contributed by atoms with van der Waals surface area (Å²) in [6.45, 7) is 0. The molecule has 0 aliphatic heterocycles. The van der Waals surface area contributed by atoms with E-state index in [-0.39, 0.29) is 0 Å². The van der Waals surface area contributed by atoms with Crippen molar-refractivity contribution in [3.8, 4) is 27.7 Å². The molecule has 0 fully saturated rings. The largest absolute Gasteiger partial charge is 0.497 e. The van der Waals surface area contributed by atoms with E-state index in [2.05, 4.69) is 31.2 Å². The van der Waals surface area contributed by atoms with Crippen LogP contribution in [0.5, 0.6) is 5.75 Å². The monoisotopic (exact) mass is 454 g/mol. The zero-order valence-corrected chi connectivity index (χ0v) is 16.6. The highest BCUT2D eigenvalue weighted by atomic mass is 79.9. The van der Waals surface area contributed by atoms with Crippen LogP contribution in [0.1, 0.15) is 0 Å². The molecule has 0 aliphatic carbocycles. The van der Waals surface area contributed by atoms with Gasteiger partial charge in [-0.25, -0.2) is 0 Å². The van der Waals surface area contributed by atoms with Crippen molar-refractivity contribution in [3.05, 3.63) is 50.9 Å². The zero-order chi connectivity index (χ0) is 17.6. The van der Waals surface area contributed by atoms with Crippen LogP contribution in [0.25, 0.3) is 26.9 Å². The van der Waals surface area contributed by atoms with Gasteiger partial charge in [0.2, 0.25) is 4.96 Å². The Morgan fingerprint density at radius 1 is 1.08 bits per heavy atom. The fourth-order valence-corrected chi connectivity index (χ4v) is 4.27. The van der Waals surface area contributed by atoms with Crippen LogP contribution in [-0.2, 0) is 0 Å². The highest BCUT2D eigenvalue weighted by Crippen LogP contribution is 2.34.